The van der Waals surface area contributed by atoms with Crippen LogP contribution in [-0.2, 0) is 6.54 Å². The molecule has 0 aromatic carbocycles. The van der Waals surface area contributed by atoms with E-state index in [1.54, 1.807) is 0 Å². The number of nitriles is 1. The molecule has 0 aliphatic rings. The third-order valence-corrected chi connectivity index (χ3v) is 1.41. The van der Waals surface area contributed by atoms with Crippen LogP contribution in [0.3, 0.4) is 0 Å². The minimum Gasteiger partial charge on any atom is -0.300 e. The Morgan fingerprint density at radius 3 is 3.00 bits per heavy atom. The average Bonchev–Trinajstić information content (AvgIpc) is 1.98. The smallest absolute Gasteiger partial charge is 0.251 e. The van der Waals surface area contributed by atoms with Gasteiger partial charge < -0.3 is 4.57 Å². The van der Waals surface area contributed by atoms with Crippen molar-refractivity contribution in [3.63, 3.8) is 0 Å². The Morgan fingerprint density at radius 1 is 1.64 bits per heavy atom. The summed E-state index contributed by atoms with van der Waals surface area (Å²) in [7, 11) is 0. The highest BCUT2D eigenvalue weighted by molar-refractivity contribution is 6.30. The van der Waals surface area contributed by atoms with Crippen molar-refractivity contribution in [2.45, 2.75) is 6.54 Å². The number of halogens is 1. The molecule has 0 atom stereocenters. The van der Waals surface area contributed by atoms with Gasteiger partial charge in [-0.15, -0.1) is 0 Å². The molecule has 0 saturated heterocycles. The highest BCUT2D eigenvalue weighted by Gasteiger charge is 1.93. The van der Waals surface area contributed by atoms with Crippen LogP contribution in [0.5, 0.6) is 0 Å². The van der Waals surface area contributed by atoms with Gasteiger partial charge in [0.25, 0.3) is 5.56 Å². The molecule has 0 saturated carbocycles. The monoisotopic (exact) mass is 168 g/mol. The van der Waals surface area contributed by atoms with Crippen molar-refractivity contribution in [2.75, 3.05) is 0 Å². The van der Waals surface area contributed by atoms with Gasteiger partial charge in [-0.1, -0.05) is 11.6 Å². The number of rotatable bonds is 1. The molecule has 0 amide bonds. The number of pyridine rings is 1. The van der Waals surface area contributed by atoms with Crippen molar-refractivity contribution in [2.24, 2.45) is 0 Å². The summed E-state index contributed by atoms with van der Waals surface area (Å²) in [5, 5.41) is 8.74. The molecule has 0 spiro atoms. The molecule has 11 heavy (non-hydrogen) atoms. The SMILES string of the molecule is N#CCn1cc(Cl)ccc1=O. The van der Waals surface area contributed by atoms with Crippen LogP contribution >= 0.6 is 11.6 Å². The summed E-state index contributed by atoms with van der Waals surface area (Å²) in [4.78, 5) is 10.9. The van der Waals surface area contributed by atoms with Gasteiger partial charge in [-0.3, -0.25) is 4.79 Å². The molecule has 0 fully saturated rings. The first-order chi connectivity index (χ1) is 5.24. The molecule has 0 radical (unpaired) electrons. The maximum absolute atomic E-state index is 10.9. The molecule has 0 aliphatic carbocycles. The Bertz CT molecular complexity index is 350. The van der Waals surface area contributed by atoms with Crippen LogP contribution < -0.4 is 5.56 Å². The maximum atomic E-state index is 10.9. The Kier molecular flexibility index (Phi) is 2.29. The van der Waals surface area contributed by atoms with Crippen LogP contribution in [0.15, 0.2) is 23.1 Å². The second-order valence-electron chi connectivity index (χ2n) is 1.97. The van der Waals surface area contributed by atoms with E-state index in [0.29, 0.717) is 5.02 Å². The lowest BCUT2D eigenvalue weighted by molar-refractivity contribution is 0.788. The first-order valence-electron chi connectivity index (χ1n) is 2.97. The van der Waals surface area contributed by atoms with Crippen LogP contribution in [0.4, 0.5) is 0 Å². The molecule has 1 aromatic rings. The van der Waals surface area contributed by atoms with Gasteiger partial charge in [0, 0.05) is 12.3 Å². The van der Waals surface area contributed by atoms with E-state index < -0.39 is 0 Å². The van der Waals surface area contributed by atoms with Crippen molar-refractivity contribution in [1.29, 1.82) is 5.26 Å². The second-order valence-corrected chi connectivity index (χ2v) is 2.41. The van der Waals surface area contributed by atoms with Crippen molar-refractivity contribution in [1.82, 2.24) is 4.57 Å². The lowest BCUT2D eigenvalue weighted by Crippen LogP contribution is -2.17. The van der Waals surface area contributed by atoms with Gasteiger partial charge in [0.1, 0.15) is 6.54 Å². The topological polar surface area (TPSA) is 45.8 Å². The van der Waals surface area contributed by atoms with E-state index in [1.165, 1.54) is 22.9 Å². The van der Waals surface area contributed by atoms with Crippen molar-refractivity contribution >= 4 is 11.6 Å². The van der Waals surface area contributed by atoms with Gasteiger partial charge in [0.15, 0.2) is 0 Å². The summed E-state index contributed by atoms with van der Waals surface area (Å²) in [5.41, 5.74) is -0.212. The zero-order valence-corrected chi connectivity index (χ0v) is 6.38. The summed E-state index contributed by atoms with van der Waals surface area (Å²) in [5.74, 6) is 0. The molecule has 1 rings (SSSR count). The maximum Gasteiger partial charge on any atom is 0.251 e. The Hall–Kier alpha value is -1.27. The zero-order chi connectivity index (χ0) is 8.27. The molecular weight excluding hydrogens is 164 g/mol. The van der Waals surface area contributed by atoms with Crippen LogP contribution in [0.25, 0.3) is 0 Å². The molecular formula is C7H5ClN2O. The molecule has 4 heteroatoms. The fraction of sp³-hybridized carbons (Fsp3) is 0.143. The number of nitrogens with zero attached hydrogens (tertiary/aromatic N) is 2. The third-order valence-electron chi connectivity index (χ3n) is 1.19. The molecule has 56 valence electrons. The molecule has 1 aromatic heterocycles. The average molecular weight is 169 g/mol. The van der Waals surface area contributed by atoms with Crippen LogP contribution in [0.2, 0.25) is 5.02 Å². The highest BCUT2D eigenvalue weighted by Crippen LogP contribution is 2.02. The summed E-state index contributed by atoms with van der Waals surface area (Å²) >= 11 is 5.58. The minimum absolute atomic E-state index is 0.0411. The predicted octanol–water partition coefficient (Wildman–Crippen LogP) is 1.03. The molecule has 1 heterocycles. The zero-order valence-electron chi connectivity index (χ0n) is 5.62. The predicted molar refractivity (Wildman–Crippen MR) is 41.3 cm³/mol. The lowest BCUT2D eigenvalue weighted by atomic mass is 10.4. The summed E-state index contributed by atoms with van der Waals surface area (Å²) in [6.45, 7) is 0.0411. The molecule has 3 nitrogen and oxygen atoms in total. The fourth-order valence-corrected chi connectivity index (χ4v) is 0.883. The standard InChI is InChI=1S/C7H5ClN2O/c8-6-1-2-7(11)10(5-6)4-3-9/h1-2,5H,4H2. The van der Waals surface area contributed by atoms with Crippen molar-refractivity contribution in [3.8, 4) is 6.07 Å². The first-order valence-corrected chi connectivity index (χ1v) is 3.35. The van der Waals surface area contributed by atoms with E-state index in [1.807, 2.05) is 6.07 Å². The van der Waals surface area contributed by atoms with Crippen LogP contribution in [0.1, 0.15) is 0 Å². The van der Waals surface area contributed by atoms with Gasteiger partial charge in [0.2, 0.25) is 0 Å². The second kappa shape index (κ2) is 3.22. The summed E-state index contributed by atoms with van der Waals surface area (Å²) < 4.78 is 1.25. The molecule has 0 aliphatic heterocycles. The van der Waals surface area contributed by atoms with E-state index in [4.69, 9.17) is 16.9 Å². The third kappa shape index (κ3) is 1.82. The largest absolute Gasteiger partial charge is 0.300 e. The lowest BCUT2D eigenvalue weighted by Gasteiger charge is -1.97. The van der Waals surface area contributed by atoms with Gasteiger partial charge in [0.05, 0.1) is 11.1 Å². The van der Waals surface area contributed by atoms with Gasteiger partial charge in [-0.05, 0) is 6.07 Å². The van der Waals surface area contributed by atoms with E-state index in [2.05, 4.69) is 0 Å². The Labute approximate surface area is 68.4 Å². The van der Waals surface area contributed by atoms with E-state index in [0.717, 1.165) is 0 Å². The van der Waals surface area contributed by atoms with Crippen molar-refractivity contribution < 1.29 is 0 Å². The van der Waals surface area contributed by atoms with Gasteiger partial charge >= 0.3 is 0 Å². The Balaban J connectivity index is 3.15. The van der Waals surface area contributed by atoms with Crippen LogP contribution in [-0.4, -0.2) is 4.57 Å². The van der Waals surface area contributed by atoms with Crippen molar-refractivity contribution in [3.05, 3.63) is 33.7 Å². The van der Waals surface area contributed by atoms with E-state index >= 15 is 0 Å². The normalized spacial score (nSPS) is 9.09. The van der Waals surface area contributed by atoms with Gasteiger partial charge in [-0.25, -0.2) is 0 Å². The Morgan fingerprint density at radius 2 is 2.36 bits per heavy atom. The van der Waals surface area contributed by atoms with Gasteiger partial charge in [-0.2, -0.15) is 5.26 Å². The first kappa shape index (κ1) is 7.83. The van der Waals surface area contributed by atoms with Crippen LogP contribution in [0, 0.1) is 11.3 Å². The van der Waals surface area contributed by atoms with E-state index in [-0.39, 0.29) is 12.1 Å². The minimum atomic E-state index is -0.212. The molecule has 0 unspecified atom stereocenters. The molecule has 0 N–H and O–H groups in total. The van der Waals surface area contributed by atoms with E-state index in [9.17, 15) is 4.79 Å². The number of hydrogen-bond acceptors (Lipinski definition) is 2. The summed E-state index contributed by atoms with van der Waals surface area (Å²) in [6, 6.07) is 4.69. The highest BCUT2D eigenvalue weighted by atomic mass is 35.5. The number of hydrogen-bond donors (Lipinski definition) is 0. The summed E-state index contributed by atoms with van der Waals surface area (Å²) in [6.07, 6.45) is 1.44. The fourth-order valence-electron chi connectivity index (χ4n) is 0.702. The quantitative estimate of drug-likeness (QED) is 0.629. The molecule has 0 bridgehead atoms. The number of aromatic nitrogens is 1.